The number of nitrogens with zero attached hydrogens (tertiary/aromatic N) is 2. The molecule has 2 heterocycles. The normalized spacial score (nSPS) is 20.5. The van der Waals surface area contributed by atoms with Gasteiger partial charge >= 0.3 is 0 Å². The SMILES string of the molecule is CCCCC(c1cccc2[nH]c(=O)c(-c3cccc(/C(N)=N\O)c3)cc12)N1C(C)CCCC1C. The summed E-state index contributed by atoms with van der Waals surface area (Å²) in [6.45, 7) is 6.95. The van der Waals surface area contributed by atoms with Crippen LogP contribution in [0.2, 0.25) is 0 Å². The number of nitrogens with two attached hydrogens (primary N) is 1. The monoisotopic (exact) mass is 460 g/mol. The van der Waals surface area contributed by atoms with E-state index < -0.39 is 0 Å². The third-order valence-electron chi connectivity index (χ3n) is 7.31. The predicted octanol–water partition coefficient (Wildman–Crippen LogP) is 5.78. The van der Waals surface area contributed by atoms with Gasteiger partial charge in [-0.3, -0.25) is 9.69 Å². The number of likely N-dealkylation sites (tertiary alicyclic amines) is 1. The van der Waals surface area contributed by atoms with Crippen molar-refractivity contribution in [3.8, 4) is 11.1 Å². The lowest BCUT2D eigenvalue weighted by molar-refractivity contribution is 0.0496. The Morgan fingerprint density at radius 1 is 1.18 bits per heavy atom. The van der Waals surface area contributed by atoms with Gasteiger partial charge in [0.1, 0.15) is 0 Å². The maximum atomic E-state index is 13.1. The molecule has 3 atom stereocenters. The Morgan fingerprint density at radius 3 is 2.62 bits per heavy atom. The maximum Gasteiger partial charge on any atom is 0.256 e. The number of aromatic nitrogens is 1. The maximum absolute atomic E-state index is 13.1. The number of fused-ring (bicyclic) bond motifs is 1. The van der Waals surface area contributed by atoms with Gasteiger partial charge in [0, 0.05) is 40.2 Å². The summed E-state index contributed by atoms with van der Waals surface area (Å²) in [5, 5.41) is 13.3. The van der Waals surface area contributed by atoms with Crippen LogP contribution in [-0.2, 0) is 0 Å². The van der Waals surface area contributed by atoms with Crippen molar-refractivity contribution in [2.24, 2.45) is 10.9 Å². The first-order valence-electron chi connectivity index (χ1n) is 12.5. The number of amidine groups is 1. The molecule has 1 aromatic heterocycles. The number of rotatable bonds is 7. The van der Waals surface area contributed by atoms with Crippen molar-refractivity contribution >= 4 is 16.7 Å². The van der Waals surface area contributed by atoms with Gasteiger partial charge in [-0.2, -0.15) is 0 Å². The van der Waals surface area contributed by atoms with Crippen molar-refractivity contribution in [2.75, 3.05) is 0 Å². The minimum absolute atomic E-state index is 0.0208. The molecular formula is C28H36N4O2. The Labute approximate surface area is 201 Å². The summed E-state index contributed by atoms with van der Waals surface area (Å²) < 4.78 is 0. The van der Waals surface area contributed by atoms with E-state index in [1.807, 2.05) is 24.3 Å². The second kappa shape index (κ2) is 10.4. The number of hydrogen-bond acceptors (Lipinski definition) is 4. The molecule has 4 N–H and O–H groups in total. The first-order valence-corrected chi connectivity index (χ1v) is 12.5. The van der Waals surface area contributed by atoms with Crippen LogP contribution in [-0.4, -0.2) is 33.0 Å². The van der Waals surface area contributed by atoms with E-state index in [-0.39, 0.29) is 11.4 Å². The molecule has 180 valence electrons. The zero-order valence-electron chi connectivity index (χ0n) is 20.4. The average Bonchev–Trinajstić information content (AvgIpc) is 2.84. The standard InChI is InChI=1S/C28H36N4O2/c1-4-5-15-26(32-18(2)9-6-10-19(32)3)22-13-8-14-25-24(22)17-23(28(33)30-25)20-11-7-12-21(16-20)27(29)31-34/h7-8,11-14,16-19,26,34H,4-6,9-10,15H2,1-3H3,(H2,29,31)(H,30,33). The van der Waals surface area contributed by atoms with Gasteiger partial charge in [-0.1, -0.05) is 61.7 Å². The summed E-state index contributed by atoms with van der Waals surface area (Å²) in [6, 6.07) is 16.9. The van der Waals surface area contributed by atoms with Crippen LogP contribution in [0.4, 0.5) is 0 Å². The molecule has 4 rings (SSSR count). The van der Waals surface area contributed by atoms with Crippen LogP contribution < -0.4 is 11.3 Å². The number of aromatic amines is 1. The highest BCUT2D eigenvalue weighted by molar-refractivity contribution is 5.98. The molecule has 2 aromatic carbocycles. The van der Waals surface area contributed by atoms with Crippen LogP contribution in [0.5, 0.6) is 0 Å². The molecule has 0 saturated carbocycles. The van der Waals surface area contributed by atoms with Gasteiger partial charge in [0.2, 0.25) is 0 Å². The van der Waals surface area contributed by atoms with Crippen molar-refractivity contribution in [2.45, 2.75) is 77.4 Å². The largest absolute Gasteiger partial charge is 0.409 e. The van der Waals surface area contributed by atoms with Gasteiger partial charge in [0.15, 0.2) is 5.84 Å². The number of oxime groups is 1. The fourth-order valence-electron chi connectivity index (χ4n) is 5.58. The molecule has 0 aliphatic carbocycles. The highest BCUT2D eigenvalue weighted by atomic mass is 16.4. The summed E-state index contributed by atoms with van der Waals surface area (Å²) in [5.41, 5.74) is 9.68. The molecule has 1 aliphatic heterocycles. The molecule has 6 nitrogen and oxygen atoms in total. The molecule has 3 aromatic rings. The smallest absolute Gasteiger partial charge is 0.256 e. The first kappa shape index (κ1) is 24.0. The number of hydrogen-bond donors (Lipinski definition) is 3. The van der Waals surface area contributed by atoms with Gasteiger partial charge in [0.25, 0.3) is 5.56 Å². The van der Waals surface area contributed by atoms with Gasteiger partial charge in [-0.05, 0) is 62.4 Å². The molecule has 0 radical (unpaired) electrons. The van der Waals surface area contributed by atoms with E-state index >= 15 is 0 Å². The summed E-state index contributed by atoms with van der Waals surface area (Å²) in [5.74, 6) is 0.0208. The molecule has 0 bridgehead atoms. The summed E-state index contributed by atoms with van der Waals surface area (Å²) >= 11 is 0. The predicted molar refractivity (Wildman–Crippen MR) is 139 cm³/mol. The lowest BCUT2D eigenvalue weighted by Gasteiger charge is -2.45. The minimum Gasteiger partial charge on any atom is -0.409 e. The summed E-state index contributed by atoms with van der Waals surface area (Å²) in [4.78, 5) is 18.9. The number of pyridine rings is 1. The Morgan fingerprint density at radius 2 is 1.91 bits per heavy atom. The Kier molecular flexibility index (Phi) is 7.37. The molecule has 34 heavy (non-hydrogen) atoms. The number of H-pyrrole nitrogens is 1. The zero-order chi connectivity index (χ0) is 24.2. The number of benzene rings is 2. The molecule has 1 aliphatic rings. The molecule has 0 spiro atoms. The number of unbranched alkanes of at least 4 members (excludes halogenated alkanes) is 1. The molecule has 3 unspecified atom stereocenters. The van der Waals surface area contributed by atoms with E-state index in [1.165, 1.54) is 24.8 Å². The highest BCUT2D eigenvalue weighted by Gasteiger charge is 2.32. The second-order valence-corrected chi connectivity index (χ2v) is 9.62. The van der Waals surface area contributed by atoms with E-state index in [1.54, 1.807) is 12.1 Å². The van der Waals surface area contributed by atoms with Gasteiger partial charge in [-0.15, -0.1) is 0 Å². The van der Waals surface area contributed by atoms with Crippen LogP contribution >= 0.6 is 0 Å². The highest BCUT2D eigenvalue weighted by Crippen LogP contribution is 2.38. The molecule has 0 amide bonds. The summed E-state index contributed by atoms with van der Waals surface area (Å²) in [7, 11) is 0. The third-order valence-corrected chi connectivity index (χ3v) is 7.31. The third kappa shape index (κ3) is 4.73. The van der Waals surface area contributed by atoms with Gasteiger partial charge < -0.3 is 15.9 Å². The lowest BCUT2D eigenvalue weighted by atomic mass is 9.88. The fraction of sp³-hybridized carbons (Fsp3) is 0.429. The molecular weight excluding hydrogens is 424 g/mol. The van der Waals surface area contributed by atoms with Crippen LogP contribution in [0.3, 0.4) is 0 Å². The van der Waals surface area contributed by atoms with Crippen molar-refractivity contribution < 1.29 is 5.21 Å². The van der Waals surface area contributed by atoms with Crippen molar-refractivity contribution in [3.05, 3.63) is 70.0 Å². The van der Waals surface area contributed by atoms with Crippen LogP contribution in [0.25, 0.3) is 22.0 Å². The molecule has 1 saturated heterocycles. The van der Waals surface area contributed by atoms with Gasteiger partial charge in [0.05, 0.1) is 0 Å². The minimum atomic E-state index is -0.147. The van der Waals surface area contributed by atoms with Gasteiger partial charge in [-0.25, -0.2) is 0 Å². The van der Waals surface area contributed by atoms with Crippen molar-refractivity contribution in [3.63, 3.8) is 0 Å². The quantitative estimate of drug-likeness (QED) is 0.180. The average molecular weight is 461 g/mol. The van der Waals surface area contributed by atoms with Crippen LogP contribution in [0.1, 0.15) is 76.5 Å². The van der Waals surface area contributed by atoms with Crippen molar-refractivity contribution in [1.82, 2.24) is 9.88 Å². The van der Waals surface area contributed by atoms with E-state index in [0.29, 0.717) is 29.3 Å². The van der Waals surface area contributed by atoms with E-state index in [0.717, 1.165) is 35.7 Å². The number of nitrogens with one attached hydrogen (secondary N) is 1. The number of piperidine rings is 1. The molecule has 6 heteroatoms. The van der Waals surface area contributed by atoms with Crippen molar-refractivity contribution in [1.29, 1.82) is 0 Å². The fourth-order valence-corrected chi connectivity index (χ4v) is 5.58. The van der Waals surface area contributed by atoms with E-state index in [2.05, 4.69) is 47.9 Å². The Balaban J connectivity index is 1.87. The lowest BCUT2D eigenvalue weighted by Crippen LogP contribution is -2.46. The molecule has 1 fully saturated rings. The zero-order valence-corrected chi connectivity index (χ0v) is 20.4. The van der Waals surface area contributed by atoms with Crippen LogP contribution in [0.15, 0.2) is 58.5 Å². The Hall–Kier alpha value is -3.12. The van der Waals surface area contributed by atoms with E-state index in [9.17, 15) is 4.79 Å². The van der Waals surface area contributed by atoms with Crippen LogP contribution in [0, 0.1) is 0 Å². The first-order chi connectivity index (χ1) is 16.4. The summed E-state index contributed by atoms with van der Waals surface area (Å²) in [6.07, 6.45) is 7.14. The second-order valence-electron chi connectivity index (χ2n) is 9.62. The topological polar surface area (TPSA) is 94.7 Å². The Bertz CT molecular complexity index is 1220. The van der Waals surface area contributed by atoms with E-state index in [4.69, 9.17) is 10.9 Å².